The third kappa shape index (κ3) is 12.0. The third-order valence-corrected chi connectivity index (χ3v) is 10.8. The lowest BCUT2D eigenvalue weighted by molar-refractivity contribution is -0.478. The number of rotatable bonds is 31. The summed E-state index contributed by atoms with van der Waals surface area (Å²) < 4.78 is 633. The number of carbonyl (C=O) groups is 2. The van der Waals surface area contributed by atoms with E-state index >= 15 is 0 Å². The fourth-order valence-corrected chi connectivity index (χ4v) is 5.60. The van der Waals surface area contributed by atoms with Crippen molar-refractivity contribution in [1.29, 1.82) is 0 Å². The Bertz CT molecular complexity index is 2190. The van der Waals surface area contributed by atoms with Crippen LogP contribution in [0, 0.1) is 0 Å². The van der Waals surface area contributed by atoms with E-state index in [1.165, 1.54) is 0 Å². The van der Waals surface area contributed by atoms with Gasteiger partial charge in [-0.05, 0) is 12.8 Å². The largest absolute Gasteiger partial charge is 0.463 e. The molecule has 0 aromatic rings. The van der Waals surface area contributed by atoms with Crippen LogP contribution >= 0.6 is 0 Å². The van der Waals surface area contributed by atoms with Crippen molar-refractivity contribution in [3.05, 3.63) is 0 Å². The Morgan fingerprint density at radius 1 is 0.244 bits per heavy atom. The van der Waals surface area contributed by atoms with E-state index in [1.54, 1.807) is 0 Å². The molecule has 0 saturated carbocycles. The van der Waals surface area contributed by atoms with Gasteiger partial charge >= 0.3 is 143 Å². The summed E-state index contributed by atoms with van der Waals surface area (Å²) in [4.78, 5) is 23.4. The van der Waals surface area contributed by atoms with Crippen LogP contribution in [0.3, 0.4) is 0 Å². The molecule has 2 unspecified atom stereocenters. The summed E-state index contributed by atoms with van der Waals surface area (Å²) >= 11 is 0. The van der Waals surface area contributed by atoms with Crippen molar-refractivity contribution in [3.63, 3.8) is 0 Å². The van der Waals surface area contributed by atoms with Gasteiger partial charge in [0.05, 0.1) is 12.2 Å². The molecule has 0 aliphatic heterocycles. The number of ether oxygens (including phenoxy) is 2. The zero-order valence-corrected chi connectivity index (χ0v) is 38.7. The molecule has 86 heavy (non-hydrogen) atoms. The van der Waals surface area contributed by atoms with Crippen LogP contribution in [0.4, 0.5) is 202 Å². The van der Waals surface area contributed by atoms with Crippen molar-refractivity contribution >= 4 is 11.9 Å². The summed E-state index contributed by atoms with van der Waals surface area (Å²) in [7, 11) is 0. The van der Waals surface area contributed by atoms with Crippen LogP contribution in [0.2, 0.25) is 0 Å². The summed E-state index contributed by atoms with van der Waals surface area (Å²) in [5.41, 5.74) is 0. The van der Waals surface area contributed by atoms with Gasteiger partial charge in [0.25, 0.3) is 0 Å². The van der Waals surface area contributed by atoms with Crippen LogP contribution in [-0.4, -0.2) is 178 Å². The van der Waals surface area contributed by atoms with E-state index in [1.807, 2.05) is 0 Å². The lowest BCUT2D eigenvalue weighted by Gasteiger charge is -2.45. The van der Waals surface area contributed by atoms with Gasteiger partial charge in [-0.2, -0.15) is 202 Å². The molecule has 514 valence electrons. The maximum Gasteiger partial charge on any atom is 0.460 e. The number of esters is 2. The highest BCUT2D eigenvalue weighted by atomic mass is 19.5. The standard InChI is InChI=1S/C34H20F46O6/c35-13(36,15(39,40)17(43,44)19(47,48)21(51,52)23(55,56)25(59,60)27(63,64)29(67,68)31(71,72)33(75,76)77)5-9(81)7-85-11(83)3-1-2-4-12(84)86-8-10(82)6-14(37,38)16(41,42)18(45,46)20(49,50)22(53,54)24(57,58)26(61,62)28(65,66)30(69,70)32(73,74)34(78,79)80/h9-10,81-82H,1-8H2. The van der Waals surface area contributed by atoms with Crippen molar-refractivity contribution in [2.45, 2.75) is 182 Å². The monoisotopic (exact) mass is 1400 g/mol. The highest BCUT2D eigenvalue weighted by Gasteiger charge is 3.01. The van der Waals surface area contributed by atoms with Gasteiger partial charge in [0.15, 0.2) is 0 Å². The average Bonchev–Trinajstić information content (AvgIpc) is 3.29. The van der Waals surface area contributed by atoms with Crippen molar-refractivity contribution in [3.8, 4) is 0 Å². The lowest BCUT2D eigenvalue weighted by Crippen LogP contribution is -2.77. The Morgan fingerprint density at radius 2 is 0.384 bits per heavy atom. The predicted molar refractivity (Wildman–Crippen MR) is 173 cm³/mol. The molecule has 0 fully saturated rings. The number of halogens is 46. The van der Waals surface area contributed by atoms with Crippen molar-refractivity contribution in [2.75, 3.05) is 13.2 Å². The van der Waals surface area contributed by atoms with E-state index in [2.05, 4.69) is 9.47 Å². The summed E-state index contributed by atoms with van der Waals surface area (Å²) in [5, 5.41) is 18.7. The van der Waals surface area contributed by atoms with Crippen LogP contribution in [0.15, 0.2) is 0 Å². The first-order valence-electron chi connectivity index (χ1n) is 20.2. The number of hydrogen-bond acceptors (Lipinski definition) is 6. The van der Waals surface area contributed by atoms with Crippen molar-refractivity contribution in [2.24, 2.45) is 0 Å². The van der Waals surface area contributed by atoms with Crippen LogP contribution in [0.5, 0.6) is 0 Å². The van der Waals surface area contributed by atoms with Gasteiger partial charge in [-0.3, -0.25) is 9.59 Å². The first-order chi connectivity index (χ1) is 36.8. The number of aliphatic hydroxyl groups is 2. The van der Waals surface area contributed by atoms with E-state index in [0.717, 1.165) is 0 Å². The number of alkyl halides is 46. The predicted octanol–water partition coefficient (Wildman–Crippen LogP) is 15.0. The molecule has 6 nitrogen and oxygen atoms in total. The molecule has 2 atom stereocenters. The van der Waals surface area contributed by atoms with E-state index < -0.39 is 207 Å². The van der Waals surface area contributed by atoms with Gasteiger partial charge in [-0.25, -0.2) is 0 Å². The average molecular weight is 1400 g/mol. The third-order valence-electron chi connectivity index (χ3n) is 10.8. The SMILES string of the molecule is O=C(CCCCC(=O)OCC(O)CC(F)(F)C(F)(F)C(F)(F)C(F)(F)C(F)(F)C(F)(F)C(F)(F)C(F)(F)C(F)(F)C(F)(F)C(F)(F)F)OCC(O)CC(F)(F)C(F)(F)C(F)(F)C(F)(F)C(F)(F)C(F)(F)C(F)(F)C(F)(F)C(F)(F)C(F)(F)C(F)(F)F. The minimum Gasteiger partial charge on any atom is -0.463 e. The summed E-state index contributed by atoms with van der Waals surface area (Å²) in [6.07, 6.45) is -36.7. The van der Waals surface area contributed by atoms with Gasteiger partial charge in [0, 0.05) is 25.7 Å². The quantitative estimate of drug-likeness (QED) is 0.0408. The van der Waals surface area contributed by atoms with Gasteiger partial charge in [-0.1, -0.05) is 0 Å². The molecule has 0 aromatic carbocycles. The number of aliphatic hydroxyl groups excluding tert-OH is 2. The Labute approximate surface area is 439 Å². The zero-order valence-electron chi connectivity index (χ0n) is 38.7. The number of hydrogen-bond donors (Lipinski definition) is 2. The maximum absolute atomic E-state index is 14.2. The molecule has 0 amide bonds. The minimum atomic E-state index is -9.73. The molecular weight excluding hydrogens is 1380 g/mol. The second kappa shape index (κ2) is 22.8. The molecule has 0 heterocycles. The molecule has 0 saturated heterocycles. The van der Waals surface area contributed by atoms with Crippen LogP contribution in [0.25, 0.3) is 0 Å². The van der Waals surface area contributed by atoms with Crippen molar-refractivity contribution < 1.29 is 231 Å². The van der Waals surface area contributed by atoms with E-state index in [9.17, 15) is 222 Å². The second-order valence-electron chi connectivity index (χ2n) is 17.0. The molecular formula is C34H20F46O6. The molecule has 2 N–H and O–H groups in total. The minimum absolute atomic E-state index is 1.04. The summed E-state index contributed by atoms with van der Waals surface area (Å²) in [6, 6.07) is 0. The normalized spacial score (nSPS) is 17.0. The molecule has 0 spiro atoms. The summed E-state index contributed by atoms with van der Waals surface area (Å²) in [6.45, 7) is -4.79. The molecule has 0 bridgehead atoms. The molecule has 0 aromatic heterocycles. The zero-order chi connectivity index (χ0) is 70.4. The molecule has 0 aliphatic carbocycles. The smallest absolute Gasteiger partial charge is 0.460 e. The van der Waals surface area contributed by atoms with Gasteiger partial charge in [-0.15, -0.1) is 0 Å². The molecule has 52 heteroatoms. The Kier molecular flexibility index (Phi) is 21.7. The van der Waals surface area contributed by atoms with Gasteiger partial charge < -0.3 is 19.7 Å². The molecule has 0 aliphatic rings. The fraction of sp³-hybridized carbons (Fsp3) is 0.941. The highest BCUT2D eigenvalue weighted by Crippen LogP contribution is 2.70. The molecule has 0 rings (SSSR count). The first-order valence-corrected chi connectivity index (χ1v) is 20.2. The lowest BCUT2D eigenvalue weighted by atomic mass is 9.84. The number of carbonyl (C=O) groups excluding carboxylic acids is 2. The molecule has 0 radical (unpaired) electrons. The number of unbranched alkanes of at least 4 members (excludes halogenated alkanes) is 1. The van der Waals surface area contributed by atoms with Gasteiger partial charge in [0.2, 0.25) is 0 Å². The van der Waals surface area contributed by atoms with E-state index in [4.69, 9.17) is 0 Å². The van der Waals surface area contributed by atoms with Gasteiger partial charge in [0.1, 0.15) is 13.2 Å². The Morgan fingerprint density at radius 3 is 0.535 bits per heavy atom. The van der Waals surface area contributed by atoms with Crippen LogP contribution < -0.4 is 0 Å². The highest BCUT2D eigenvalue weighted by molar-refractivity contribution is 5.70. The fourth-order valence-electron chi connectivity index (χ4n) is 5.60. The first kappa shape index (κ1) is 81.6. The topological polar surface area (TPSA) is 93.1 Å². The van der Waals surface area contributed by atoms with Crippen LogP contribution in [0.1, 0.15) is 38.5 Å². The Hall–Kier alpha value is -4.36. The Balaban J connectivity index is 6.03. The maximum atomic E-state index is 14.2. The second-order valence-corrected chi connectivity index (χ2v) is 17.0. The summed E-state index contributed by atoms with van der Waals surface area (Å²) in [5.74, 6) is -187. The van der Waals surface area contributed by atoms with E-state index in [0.29, 0.717) is 0 Å². The van der Waals surface area contributed by atoms with Crippen LogP contribution in [-0.2, 0) is 19.1 Å². The van der Waals surface area contributed by atoms with E-state index in [-0.39, 0.29) is 0 Å². The van der Waals surface area contributed by atoms with Crippen molar-refractivity contribution in [1.82, 2.24) is 0 Å².